The molecule has 0 bridgehead atoms. The summed E-state index contributed by atoms with van der Waals surface area (Å²) in [5, 5.41) is 0. The van der Waals surface area contributed by atoms with Gasteiger partial charge < -0.3 is 22.8 Å². The minimum Gasteiger partial charge on any atom is -0.462 e. The van der Waals surface area contributed by atoms with Crippen LogP contribution in [0.4, 0.5) is 0 Å². The number of ether oxygens (including phenoxy) is 2. The van der Waals surface area contributed by atoms with E-state index in [9.17, 15) is 0 Å². The van der Waals surface area contributed by atoms with Crippen molar-refractivity contribution in [3.8, 4) is 5.75 Å². The molecule has 1 heterocycles. The van der Waals surface area contributed by atoms with E-state index in [0.29, 0.717) is 32.3 Å². The van der Waals surface area contributed by atoms with Crippen molar-refractivity contribution < 1.29 is 22.8 Å². The molecule has 0 radical (unpaired) electrons. The molecule has 0 spiro atoms. The van der Waals surface area contributed by atoms with Gasteiger partial charge in [-0.3, -0.25) is 0 Å². The van der Waals surface area contributed by atoms with Crippen LogP contribution in [0.2, 0.25) is 6.04 Å². The Hall–Kier alpha value is -0.923. The Morgan fingerprint density at radius 1 is 1.07 bits per heavy atom. The summed E-state index contributed by atoms with van der Waals surface area (Å²) < 4.78 is 30.1. The first kappa shape index (κ1) is 22.4. The Balaban J connectivity index is 2.09. The van der Waals surface area contributed by atoms with E-state index in [2.05, 4.69) is 32.0 Å². The van der Waals surface area contributed by atoms with Crippen LogP contribution < -0.4 is 4.74 Å². The van der Waals surface area contributed by atoms with Crippen LogP contribution in [0.25, 0.3) is 0 Å². The molecule has 5 nitrogen and oxygen atoms in total. The first-order chi connectivity index (χ1) is 12.9. The van der Waals surface area contributed by atoms with Crippen LogP contribution in [0.15, 0.2) is 18.2 Å². The normalized spacial score (nSPS) is 20.8. The maximum Gasteiger partial charge on any atom is 0.501 e. The van der Waals surface area contributed by atoms with E-state index < -0.39 is 14.6 Å². The molecule has 0 saturated heterocycles. The van der Waals surface area contributed by atoms with Gasteiger partial charge in [0.15, 0.2) is 0 Å². The largest absolute Gasteiger partial charge is 0.501 e. The number of fused-ring (bicyclic) bond motifs is 1. The Labute approximate surface area is 165 Å². The van der Waals surface area contributed by atoms with Crippen LogP contribution in [-0.4, -0.2) is 34.4 Å². The zero-order valence-corrected chi connectivity index (χ0v) is 18.8. The monoisotopic (exact) mass is 396 g/mol. The summed E-state index contributed by atoms with van der Waals surface area (Å²) in [7, 11) is -2.62. The predicted molar refractivity (Wildman–Crippen MR) is 109 cm³/mol. The molecular weight excluding hydrogens is 360 g/mol. The molecule has 1 aliphatic heterocycles. The number of hydrogen-bond donors (Lipinski definition) is 0. The lowest BCUT2D eigenvalue weighted by atomic mass is 9.97. The molecule has 6 heteroatoms. The molecule has 0 saturated carbocycles. The second-order valence-corrected chi connectivity index (χ2v) is 9.87. The second kappa shape index (κ2) is 10.0. The van der Waals surface area contributed by atoms with E-state index in [4.69, 9.17) is 22.8 Å². The fourth-order valence-electron chi connectivity index (χ4n) is 3.38. The summed E-state index contributed by atoms with van der Waals surface area (Å²) in [6.07, 6.45) is 1.87. The third kappa shape index (κ3) is 5.54. The summed E-state index contributed by atoms with van der Waals surface area (Å²) in [5.41, 5.74) is 2.33. The predicted octanol–water partition coefficient (Wildman–Crippen LogP) is 4.95. The molecular formula is C21H36O5Si. The van der Waals surface area contributed by atoms with Gasteiger partial charge in [-0.05, 0) is 51.3 Å². The number of benzene rings is 1. The lowest BCUT2D eigenvalue weighted by molar-refractivity contribution is -0.223. The van der Waals surface area contributed by atoms with Crippen molar-refractivity contribution in [1.82, 2.24) is 0 Å². The van der Waals surface area contributed by atoms with Crippen LogP contribution in [-0.2, 0) is 31.0 Å². The zero-order chi connectivity index (χ0) is 19.9. The van der Waals surface area contributed by atoms with Gasteiger partial charge in [0, 0.05) is 44.3 Å². The Kier molecular flexibility index (Phi) is 8.31. The molecule has 0 aliphatic carbocycles. The van der Waals surface area contributed by atoms with Crippen molar-refractivity contribution in [2.45, 2.75) is 72.8 Å². The van der Waals surface area contributed by atoms with Gasteiger partial charge in [-0.2, -0.15) is 0 Å². The summed E-state index contributed by atoms with van der Waals surface area (Å²) in [6, 6.07) is 7.14. The highest BCUT2D eigenvalue weighted by Crippen LogP contribution is 2.37. The molecule has 1 aromatic carbocycles. The van der Waals surface area contributed by atoms with Crippen LogP contribution in [0.5, 0.6) is 5.75 Å². The van der Waals surface area contributed by atoms with Gasteiger partial charge in [-0.1, -0.05) is 19.9 Å². The highest BCUT2D eigenvalue weighted by molar-refractivity contribution is 6.60. The third-order valence-corrected chi connectivity index (χ3v) is 8.32. The van der Waals surface area contributed by atoms with Crippen molar-refractivity contribution in [2.75, 3.05) is 19.8 Å². The number of aryl methyl sites for hydroxylation is 1. The summed E-state index contributed by atoms with van der Waals surface area (Å²) in [6.45, 7) is 14.7. The molecule has 1 aromatic rings. The van der Waals surface area contributed by atoms with Crippen molar-refractivity contribution in [2.24, 2.45) is 5.92 Å². The number of hydrogen-bond acceptors (Lipinski definition) is 5. The maximum absolute atomic E-state index is 6.20. The maximum atomic E-state index is 6.20. The van der Waals surface area contributed by atoms with Crippen LogP contribution in [0.3, 0.4) is 0 Å². The van der Waals surface area contributed by atoms with E-state index in [1.807, 2.05) is 27.7 Å². The highest BCUT2D eigenvalue weighted by atomic mass is 28.4. The minimum absolute atomic E-state index is 0.334. The highest BCUT2D eigenvalue weighted by Gasteiger charge is 2.40. The van der Waals surface area contributed by atoms with Gasteiger partial charge in [0.2, 0.25) is 5.79 Å². The summed E-state index contributed by atoms with van der Waals surface area (Å²) in [4.78, 5) is 0. The average Bonchev–Trinajstić information content (AvgIpc) is 2.66. The molecule has 2 atom stereocenters. The van der Waals surface area contributed by atoms with Gasteiger partial charge in [-0.25, -0.2) is 0 Å². The van der Waals surface area contributed by atoms with Crippen LogP contribution >= 0.6 is 0 Å². The molecule has 1 aliphatic rings. The van der Waals surface area contributed by atoms with E-state index in [0.717, 1.165) is 30.2 Å². The first-order valence-corrected chi connectivity index (χ1v) is 12.2. The minimum atomic E-state index is -2.62. The van der Waals surface area contributed by atoms with E-state index in [1.165, 1.54) is 5.56 Å². The van der Waals surface area contributed by atoms with E-state index >= 15 is 0 Å². The van der Waals surface area contributed by atoms with E-state index in [-0.39, 0.29) is 0 Å². The first-order valence-electron chi connectivity index (χ1n) is 10.3. The zero-order valence-electron chi connectivity index (χ0n) is 17.8. The van der Waals surface area contributed by atoms with E-state index in [1.54, 1.807) is 0 Å². The van der Waals surface area contributed by atoms with Crippen molar-refractivity contribution in [3.63, 3.8) is 0 Å². The SMILES string of the molecule is CCO[Si](CCc1ccc2c(c1)COC(C)(C(C)CC)O2)(OCC)OCC. The smallest absolute Gasteiger partial charge is 0.462 e. The molecule has 0 N–H and O–H groups in total. The molecule has 2 unspecified atom stereocenters. The van der Waals surface area contributed by atoms with Gasteiger partial charge in [-0.15, -0.1) is 0 Å². The molecule has 154 valence electrons. The van der Waals surface area contributed by atoms with Crippen molar-refractivity contribution in [1.29, 1.82) is 0 Å². The summed E-state index contributed by atoms with van der Waals surface area (Å²) >= 11 is 0. The van der Waals surface area contributed by atoms with Gasteiger partial charge in [0.05, 0.1) is 6.61 Å². The van der Waals surface area contributed by atoms with Crippen LogP contribution in [0, 0.1) is 5.92 Å². The Bertz CT molecular complexity index is 577. The lowest BCUT2D eigenvalue weighted by Crippen LogP contribution is -2.46. The standard InChI is InChI=1S/C21H36O5Si/c1-7-17(5)21(6)22-16-19-15-18(11-12-20(19)26-21)13-14-27(23-8-2,24-9-3)25-10-4/h11-12,15,17H,7-10,13-14,16H2,1-6H3. The molecule has 0 fully saturated rings. The third-order valence-electron chi connectivity index (χ3n) is 5.27. The summed E-state index contributed by atoms with van der Waals surface area (Å²) in [5.74, 6) is 0.709. The molecule has 0 amide bonds. The Morgan fingerprint density at radius 2 is 1.70 bits per heavy atom. The molecule has 27 heavy (non-hydrogen) atoms. The van der Waals surface area contributed by atoms with Gasteiger partial charge in [0.25, 0.3) is 0 Å². The second-order valence-electron chi connectivity index (χ2n) is 7.14. The lowest BCUT2D eigenvalue weighted by Gasteiger charge is -2.39. The molecule has 0 aromatic heterocycles. The Morgan fingerprint density at radius 3 is 2.26 bits per heavy atom. The fourth-order valence-corrected chi connectivity index (χ4v) is 5.98. The van der Waals surface area contributed by atoms with Crippen molar-refractivity contribution >= 4 is 8.80 Å². The quantitative estimate of drug-likeness (QED) is 0.495. The fraction of sp³-hybridized carbons (Fsp3) is 0.714. The average molecular weight is 397 g/mol. The van der Waals surface area contributed by atoms with Gasteiger partial charge in [0.1, 0.15) is 5.75 Å². The topological polar surface area (TPSA) is 46.2 Å². The van der Waals surface area contributed by atoms with Gasteiger partial charge >= 0.3 is 8.80 Å². The van der Waals surface area contributed by atoms with Crippen LogP contribution in [0.1, 0.15) is 59.1 Å². The molecule has 2 rings (SSSR count). The van der Waals surface area contributed by atoms with Crippen molar-refractivity contribution in [3.05, 3.63) is 29.3 Å². The number of rotatable bonds is 11.